The number of benzene rings is 3. The Bertz CT molecular complexity index is 1270. The number of aromatic nitrogens is 1. The topological polar surface area (TPSA) is 22.0 Å². The monoisotopic (exact) mass is 409 g/mol. The van der Waals surface area contributed by atoms with Gasteiger partial charge in [0.2, 0.25) is 0 Å². The van der Waals surface area contributed by atoms with Gasteiger partial charge in [-0.2, -0.15) is 0 Å². The molecule has 0 unspecified atom stereocenters. The fourth-order valence-electron chi connectivity index (χ4n) is 3.54. The SMILES string of the molecule is O=c1c(Cc2ccccc2)cn2c3c(cc(Cl)cc13)Sc1cc(Cl)ccc1-2. The smallest absolute Gasteiger partial charge is 0.193 e. The fourth-order valence-corrected chi connectivity index (χ4v) is 5.25. The van der Waals surface area contributed by atoms with E-state index in [4.69, 9.17) is 23.2 Å². The molecule has 1 aliphatic rings. The minimum atomic E-state index is 0.0341. The van der Waals surface area contributed by atoms with Gasteiger partial charge in [0.05, 0.1) is 11.2 Å². The zero-order valence-corrected chi connectivity index (χ0v) is 16.4. The van der Waals surface area contributed by atoms with Gasteiger partial charge in [-0.15, -0.1) is 0 Å². The Morgan fingerprint density at radius 3 is 2.48 bits per heavy atom. The first kappa shape index (κ1) is 16.9. The highest BCUT2D eigenvalue weighted by Crippen LogP contribution is 2.44. The number of rotatable bonds is 2. The van der Waals surface area contributed by atoms with Gasteiger partial charge in [0.25, 0.3) is 0 Å². The molecule has 5 heteroatoms. The van der Waals surface area contributed by atoms with Crippen LogP contribution in [0.2, 0.25) is 10.0 Å². The summed E-state index contributed by atoms with van der Waals surface area (Å²) in [6.45, 7) is 0. The van der Waals surface area contributed by atoms with Gasteiger partial charge in [-0.25, -0.2) is 0 Å². The molecule has 0 atom stereocenters. The summed E-state index contributed by atoms with van der Waals surface area (Å²) in [5, 5.41) is 1.91. The minimum absolute atomic E-state index is 0.0341. The van der Waals surface area contributed by atoms with Crippen LogP contribution < -0.4 is 5.43 Å². The molecule has 0 saturated heterocycles. The number of pyridine rings is 1. The largest absolute Gasteiger partial charge is 0.314 e. The summed E-state index contributed by atoms with van der Waals surface area (Å²) in [6.07, 6.45) is 2.54. The maximum absolute atomic E-state index is 13.2. The van der Waals surface area contributed by atoms with Crippen LogP contribution in [0.5, 0.6) is 0 Å². The van der Waals surface area contributed by atoms with Crippen LogP contribution in [0.3, 0.4) is 0 Å². The Balaban J connectivity index is 1.82. The molecule has 2 heterocycles. The van der Waals surface area contributed by atoms with Crippen LogP contribution >= 0.6 is 35.0 Å². The molecule has 2 nitrogen and oxygen atoms in total. The van der Waals surface area contributed by atoms with E-state index in [0.717, 1.165) is 32.1 Å². The second kappa shape index (κ2) is 6.45. The lowest BCUT2D eigenvalue weighted by Crippen LogP contribution is -2.17. The normalized spacial score (nSPS) is 12.2. The zero-order valence-electron chi connectivity index (χ0n) is 14.1. The highest BCUT2D eigenvalue weighted by Gasteiger charge is 2.22. The lowest BCUT2D eigenvalue weighted by molar-refractivity contribution is 0.996. The predicted octanol–water partition coefficient (Wildman–Crippen LogP) is 6.35. The Labute approximate surface area is 170 Å². The van der Waals surface area contributed by atoms with Crippen molar-refractivity contribution in [3.8, 4) is 5.69 Å². The number of hydrogen-bond acceptors (Lipinski definition) is 2. The molecule has 5 rings (SSSR count). The average Bonchev–Trinajstić information content (AvgIpc) is 2.65. The molecule has 0 aliphatic carbocycles. The van der Waals surface area contributed by atoms with Crippen molar-refractivity contribution < 1.29 is 0 Å². The molecule has 0 fully saturated rings. The Morgan fingerprint density at radius 2 is 1.67 bits per heavy atom. The second-order valence-electron chi connectivity index (χ2n) is 6.53. The first-order valence-electron chi connectivity index (χ1n) is 8.49. The van der Waals surface area contributed by atoms with Crippen molar-refractivity contribution in [2.75, 3.05) is 0 Å². The quantitative estimate of drug-likeness (QED) is 0.338. The summed E-state index contributed by atoms with van der Waals surface area (Å²) >= 11 is 14.1. The molecule has 0 N–H and O–H groups in total. The molecule has 132 valence electrons. The summed E-state index contributed by atoms with van der Waals surface area (Å²) in [4.78, 5) is 15.2. The lowest BCUT2D eigenvalue weighted by Gasteiger charge is -2.23. The number of fused-ring (bicyclic) bond motifs is 2. The van der Waals surface area contributed by atoms with Crippen molar-refractivity contribution in [1.29, 1.82) is 0 Å². The standard InChI is InChI=1S/C22H13Cl2NOS/c23-15-6-7-18-19(10-15)27-20-11-16(24)9-17-21(20)25(18)12-14(22(17)26)8-13-4-2-1-3-5-13/h1-7,9-12H,8H2. The maximum Gasteiger partial charge on any atom is 0.193 e. The Kier molecular flexibility index (Phi) is 4.05. The molecule has 1 aromatic heterocycles. The van der Waals surface area contributed by atoms with Gasteiger partial charge in [-0.3, -0.25) is 4.79 Å². The molecule has 0 bridgehead atoms. The summed E-state index contributed by atoms with van der Waals surface area (Å²) in [7, 11) is 0. The first-order valence-corrected chi connectivity index (χ1v) is 10.1. The molecule has 3 aromatic carbocycles. The van der Waals surface area contributed by atoms with E-state index in [1.807, 2.05) is 60.8 Å². The summed E-state index contributed by atoms with van der Waals surface area (Å²) < 4.78 is 2.10. The van der Waals surface area contributed by atoms with Crippen LogP contribution in [0.25, 0.3) is 16.6 Å². The molecule has 0 saturated carbocycles. The number of hydrogen-bond donors (Lipinski definition) is 0. The maximum atomic E-state index is 13.2. The van der Waals surface area contributed by atoms with Crippen molar-refractivity contribution in [3.05, 3.63) is 98.3 Å². The van der Waals surface area contributed by atoms with Crippen molar-refractivity contribution in [3.63, 3.8) is 0 Å². The van der Waals surface area contributed by atoms with Gasteiger partial charge >= 0.3 is 0 Å². The van der Waals surface area contributed by atoms with Crippen molar-refractivity contribution in [1.82, 2.24) is 4.57 Å². The minimum Gasteiger partial charge on any atom is -0.314 e. The molecular weight excluding hydrogens is 397 g/mol. The molecule has 0 spiro atoms. The average molecular weight is 410 g/mol. The van der Waals surface area contributed by atoms with Crippen molar-refractivity contribution >= 4 is 45.9 Å². The van der Waals surface area contributed by atoms with Crippen LogP contribution in [0.4, 0.5) is 0 Å². The molecule has 4 aromatic rings. The van der Waals surface area contributed by atoms with E-state index in [0.29, 0.717) is 21.9 Å². The van der Waals surface area contributed by atoms with Crippen molar-refractivity contribution in [2.24, 2.45) is 0 Å². The summed E-state index contributed by atoms with van der Waals surface area (Å²) in [5.41, 5.74) is 3.81. The third-order valence-corrected chi connectivity index (χ3v) is 6.27. The van der Waals surface area contributed by atoms with Crippen LogP contribution in [0, 0.1) is 0 Å². The van der Waals surface area contributed by atoms with Gasteiger partial charge < -0.3 is 4.57 Å². The number of nitrogens with zero attached hydrogens (tertiary/aromatic N) is 1. The Hall–Kier alpha value is -2.20. The molecule has 27 heavy (non-hydrogen) atoms. The van der Waals surface area contributed by atoms with E-state index < -0.39 is 0 Å². The highest BCUT2D eigenvalue weighted by molar-refractivity contribution is 7.99. The van der Waals surface area contributed by atoms with Gasteiger partial charge in [-0.05, 0) is 35.9 Å². The zero-order chi connectivity index (χ0) is 18.5. The predicted molar refractivity (Wildman–Crippen MR) is 113 cm³/mol. The molecular formula is C22H13Cl2NOS. The number of halogens is 2. The van der Waals surface area contributed by atoms with Gasteiger partial charge in [-0.1, -0.05) is 65.3 Å². The van der Waals surface area contributed by atoms with Gasteiger partial charge in [0.15, 0.2) is 5.43 Å². The third-order valence-electron chi connectivity index (χ3n) is 4.74. The Morgan fingerprint density at radius 1 is 0.889 bits per heavy atom. The van der Waals surface area contributed by atoms with Crippen LogP contribution in [-0.2, 0) is 6.42 Å². The van der Waals surface area contributed by atoms with E-state index in [9.17, 15) is 4.79 Å². The third kappa shape index (κ3) is 2.87. The van der Waals surface area contributed by atoms with E-state index >= 15 is 0 Å². The van der Waals surface area contributed by atoms with Crippen LogP contribution in [0.15, 0.2) is 81.4 Å². The molecule has 0 radical (unpaired) electrons. The first-order chi connectivity index (χ1) is 13.1. The van der Waals surface area contributed by atoms with E-state index in [-0.39, 0.29) is 5.43 Å². The summed E-state index contributed by atoms with van der Waals surface area (Å²) in [5.74, 6) is 0. The van der Waals surface area contributed by atoms with E-state index in [1.165, 1.54) is 0 Å². The van der Waals surface area contributed by atoms with Crippen LogP contribution in [0.1, 0.15) is 11.1 Å². The fraction of sp³-hybridized carbons (Fsp3) is 0.0455. The lowest BCUT2D eigenvalue weighted by atomic mass is 10.0. The van der Waals surface area contributed by atoms with E-state index in [2.05, 4.69) is 4.57 Å². The van der Waals surface area contributed by atoms with E-state index in [1.54, 1.807) is 17.8 Å². The van der Waals surface area contributed by atoms with Crippen molar-refractivity contribution in [2.45, 2.75) is 16.2 Å². The molecule has 1 aliphatic heterocycles. The second-order valence-corrected chi connectivity index (χ2v) is 8.49. The van der Waals surface area contributed by atoms with Crippen LogP contribution in [-0.4, -0.2) is 4.57 Å². The molecule has 0 amide bonds. The van der Waals surface area contributed by atoms with Gasteiger partial charge in [0.1, 0.15) is 0 Å². The summed E-state index contributed by atoms with van der Waals surface area (Å²) in [6, 6.07) is 19.5. The van der Waals surface area contributed by atoms with Gasteiger partial charge in [0, 0.05) is 43.4 Å². The highest BCUT2D eigenvalue weighted by atomic mass is 35.5.